The van der Waals surface area contributed by atoms with E-state index in [2.05, 4.69) is 5.32 Å². The molecule has 0 spiro atoms. The lowest BCUT2D eigenvalue weighted by Crippen LogP contribution is -2.18. The molecule has 1 heterocycles. The zero-order valence-electron chi connectivity index (χ0n) is 12.7. The normalized spacial score (nSPS) is 10.8. The maximum atomic E-state index is 13.7. The standard InChI is InChI=1S/C16H16ClFN2O2S/c1-8(2)13-6-10(15(19)22)16(23-13)20-14(21)7-9-11(17)4-3-5-12(9)18/h3-6,8H,7H2,1-2H3,(H2,19,22)(H,20,21). The molecule has 2 rings (SSSR count). The molecule has 3 N–H and O–H groups in total. The van der Waals surface area contributed by atoms with E-state index in [0.717, 1.165) is 4.88 Å². The number of halogens is 2. The van der Waals surface area contributed by atoms with Crippen molar-refractivity contribution in [3.63, 3.8) is 0 Å². The first kappa shape index (κ1) is 17.4. The summed E-state index contributed by atoms with van der Waals surface area (Å²) in [7, 11) is 0. The molecule has 1 aromatic carbocycles. The molecule has 0 aliphatic rings. The highest BCUT2D eigenvalue weighted by molar-refractivity contribution is 7.16. The Balaban J connectivity index is 2.22. The number of rotatable bonds is 5. The number of thiophene rings is 1. The predicted molar refractivity (Wildman–Crippen MR) is 90.7 cm³/mol. The molecular formula is C16H16ClFN2O2S. The van der Waals surface area contributed by atoms with Crippen molar-refractivity contribution in [2.45, 2.75) is 26.2 Å². The van der Waals surface area contributed by atoms with Crippen LogP contribution in [0.2, 0.25) is 5.02 Å². The number of carbonyl (C=O) groups is 2. The Kier molecular flexibility index (Phi) is 5.38. The van der Waals surface area contributed by atoms with E-state index in [1.807, 2.05) is 13.8 Å². The maximum Gasteiger partial charge on any atom is 0.251 e. The van der Waals surface area contributed by atoms with Crippen LogP contribution < -0.4 is 11.1 Å². The third kappa shape index (κ3) is 4.09. The van der Waals surface area contributed by atoms with Crippen LogP contribution >= 0.6 is 22.9 Å². The maximum absolute atomic E-state index is 13.7. The second-order valence-electron chi connectivity index (χ2n) is 5.34. The van der Waals surface area contributed by atoms with Crippen molar-refractivity contribution in [2.24, 2.45) is 5.73 Å². The number of hydrogen-bond donors (Lipinski definition) is 2. The number of benzene rings is 1. The quantitative estimate of drug-likeness (QED) is 0.853. The van der Waals surface area contributed by atoms with E-state index in [-0.39, 0.29) is 28.5 Å². The van der Waals surface area contributed by atoms with Crippen LogP contribution in [0, 0.1) is 5.82 Å². The molecule has 0 aliphatic heterocycles. The summed E-state index contributed by atoms with van der Waals surface area (Å²) in [6, 6.07) is 5.90. The molecule has 0 fully saturated rings. The molecule has 2 amide bonds. The fourth-order valence-electron chi connectivity index (χ4n) is 2.00. The van der Waals surface area contributed by atoms with Gasteiger partial charge in [0.15, 0.2) is 0 Å². The molecule has 23 heavy (non-hydrogen) atoms. The fraction of sp³-hybridized carbons (Fsp3) is 0.250. The summed E-state index contributed by atoms with van der Waals surface area (Å²) < 4.78 is 13.7. The van der Waals surface area contributed by atoms with Gasteiger partial charge in [0.1, 0.15) is 10.8 Å². The number of hydrogen-bond acceptors (Lipinski definition) is 3. The first-order chi connectivity index (χ1) is 10.8. The number of amides is 2. The van der Waals surface area contributed by atoms with Crippen molar-refractivity contribution in [1.29, 1.82) is 0 Å². The van der Waals surface area contributed by atoms with Gasteiger partial charge in [-0.1, -0.05) is 31.5 Å². The van der Waals surface area contributed by atoms with Gasteiger partial charge in [0.25, 0.3) is 5.91 Å². The molecular weight excluding hydrogens is 339 g/mol. The van der Waals surface area contributed by atoms with E-state index >= 15 is 0 Å². The van der Waals surface area contributed by atoms with Gasteiger partial charge in [-0.25, -0.2) is 4.39 Å². The lowest BCUT2D eigenvalue weighted by Gasteiger charge is -2.07. The van der Waals surface area contributed by atoms with E-state index < -0.39 is 17.6 Å². The van der Waals surface area contributed by atoms with Gasteiger partial charge in [-0.15, -0.1) is 11.3 Å². The first-order valence-electron chi connectivity index (χ1n) is 6.95. The number of nitrogens with two attached hydrogens (primary N) is 1. The Hall–Kier alpha value is -1.92. The molecule has 0 bridgehead atoms. The number of carbonyl (C=O) groups excluding carboxylic acids is 2. The van der Waals surface area contributed by atoms with E-state index in [1.165, 1.54) is 29.5 Å². The third-order valence-corrected chi connectivity index (χ3v) is 4.94. The molecule has 4 nitrogen and oxygen atoms in total. The van der Waals surface area contributed by atoms with Gasteiger partial charge in [-0.05, 0) is 24.1 Å². The van der Waals surface area contributed by atoms with Crippen LogP contribution in [0.4, 0.5) is 9.39 Å². The summed E-state index contributed by atoms with van der Waals surface area (Å²) in [5.41, 5.74) is 5.71. The summed E-state index contributed by atoms with van der Waals surface area (Å²) >= 11 is 7.20. The molecule has 0 radical (unpaired) electrons. The van der Waals surface area contributed by atoms with Crippen molar-refractivity contribution < 1.29 is 14.0 Å². The molecule has 0 atom stereocenters. The van der Waals surface area contributed by atoms with Crippen molar-refractivity contribution in [2.75, 3.05) is 5.32 Å². The van der Waals surface area contributed by atoms with Crippen molar-refractivity contribution >= 4 is 39.8 Å². The molecule has 0 aliphatic carbocycles. The molecule has 0 saturated heterocycles. The largest absolute Gasteiger partial charge is 0.366 e. The highest BCUT2D eigenvalue weighted by Crippen LogP contribution is 2.33. The highest BCUT2D eigenvalue weighted by atomic mass is 35.5. The SMILES string of the molecule is CC(C)c1cc(C(N)=O)c(NC(=O)Cc2c(F)cccc2Cl)s1. The molecule has 1 aromatic heterocycles. The summed E-state index contributed by atoms with van der Waals surface area (Å²) in [6.45, 7) is 3.95. The van der Waals surface area contributed by atoms with E-state index in [1.54, 1.807) is 6.07 Å². The van der Waals surface area contributed by atoms with Gasteiger partial charge in [0.2, 0.25) is 5.91 Å². The van der Waals surface area contributed by atoms with Gasteiger partial charge < -0.3 is 11.1 Å². The Bertz CT molecular complexity index is 738. The van der Waals surface area contributed by atoms with Crippen LogP contribution in [0.25, 0.3) is 0 Å². The minimum atomic E-state index is -0.618. The van der Waals surface area contributed by atoms with E-state index in [4.69, 9.17) is 17.3 Å². The number of primary amides is 1. The monoisotopic (exact) mass is 354 g/mol. The summed E-state index contributed by atoms with van der Waals surface area (Å²) in [4.78, 5) is 24.6. The van der Waals surface area contributed by atoms with Gasteiger partial charge in [0.05, 0.1) is 12.0 Å². The van der Waals surface area contributed by atoms with Crippen LogP contribution in [-0.2, 0) is 11.2 Å². The Morgan fingerprint density at radius 1 is 1.39 bits per heavy atom. The average Bonchev–Trinajstić information content (AvgIpc) is 2.87. The summed E-state index contributed by atoms with van der Waals surface area (Å²) in [6.07, 6.45) is -0.224. The summed E-state index contributed by atoms with van der Waals surface area (Å²) in [5.74, 6) is -1.43. The Morgan fingerprint density at radius 3 is 2.65 bits per heavy atom. The third-order valence-electron chi connectivity index (χ3n) is 3.24. The second-order valence-corrected chi connectivity index (χ2v) is 6.83. The van der Waals surface area contributed by atoms with Crippen molar-refractivity contribution in [3.8, 4) is 0 Å². The lowest BCUT2D eigenvalue weighted by atomic mass is 10.1. The summed E-state index contributed by atoms with van der Waals surface area (Å²) in [5, 5.41) is 3.18. The van der Waals surface area contributed by atoms with Gasteiger partial charge >= 0.3 is 0 Å². The topological polar surface area (TPSA) is 72.2 Å². The average molecular weight is 355 g/mol. The predicted octanol–water partition coefficient (Wildman–Crippen LogP) is 3.94. The minimum absolute atomic E-state index is 0.118. The van der Waals surface area contributed by atoms with Crippen molar-refractivity contribution in [1.82, 2.24) is 0 Å². The van der Waals surface area contributed by atoms with Crippen LogP contribution in [0.5, 0.6) is 0 Å². The zero-order chi connectivity index (χ0) is 17.1. The first-order valence-corrected chi connectivity index (χ1v) is 8.15. The molecule has 0 saturated carbocycles. The zero-order valence-corrected chi connectivity index (χ0v) is 14.2. The van der Waals surface area contributed by atoms with Gasteiger partial charge in [0, 0.05) is 15.5 Å². The molecule has 7 heteroatoms. The smallest absolute Gasteiger partial charge is 0.251 e. The van der Waals surface area contributed by atoms with Crippen LogP contribution in [0.1, 0.15) is 40.6 Å². The van der Waals surface area contributed by atoms with Crippen LogP contribution in [-0.4, -0.2) is 11.8 Å². The number of anilines is 1. The van der Waals surface area contributed by atoms with E-state index in [9.17, 15) is 14.0 Å². The van der Waals surface area contributed by atoms with Crippen LogP contribution in [0.3, 0.4) is 0 Å². The van der Waals surface area contributed by atoms with E-state index in [0.29, 0.717) is 5.00 Å². The van der Waals surface area contributed by atoms with Gasteiger partial charge in [-0.3, -0.25) is 9.59 Å². The van der Waals surface area contributed by atoms with Crippen LogP contribution in [0.15, 0.2) is 24.3 Å². The Morgan fingerprint density at radius 2 is 2.09 bits per heavy atom. The fourth-order valence-corrected chi connectivity index (χ4v) is 3.32. The molecule has 2 aromatic rings. The minimum Gasteiger partial charge on any atom is -0.366 e. The molecule has 0 unspecified atom stereocenters. The van der Waals surface area contributed by atoms with Crippen molar-refractivity contribution in [3.05, 3.63) is 51.1 Å². The molecule has 122 valence electrons. The second kappa shape index (κ2) is 7.10. The lowest BCUT2D eigenvalue weighted by molar-refractivity contribution is -0.115. The highest BCUT2D eigenvalue weighted by Gasteiger charge is 2.19. The Labute approximate surface area is 142 Å². The number of nitrogens with one attached hydrogen (secondary N) is 1. The van der Waals surface area contributed by atoms with Gasteiger partial charge in [-0.2, -0.15) is 0 Å².